The van der Waals surface area contributed by atoms with Crippen LogP contribution in [0.5, 0.6) is 11.5 Å². The summed E-state index contributed by atoms with van der Waals surface area (Å²) in [6.07, 6.45) is 1.54. The van der Waals surface area contributed by atoms with Crippen molar-refractivity contribution in [3.8, 4) is 23.1 Å². The minimum atomic E-state index is -0.333. The first kappa shape index (κ1) is 25.5. The summed E-state index contributed by atoms with van der Waals surface area (Å²) in [6.45, 7) is 0.178. The van der Waals surface area contributed by atoms with E-state index in [9.17, 15) is 9.18 Å². The smallest absolute Gasteiger partial charge is 0.282 e. The Kier molecular flexibility index (Phi) is 6.88. The second-order valence-corrected chi connectivity index (χ2v) is 9.85. The number of para-hydroxylation sites is 1. The van der Waals surface area contributed by atoms with E-state index in [1.54, 1.807) is 54.7 Å². The Labute approximate surface area is 236 Å². The SMILES string of the molecule is COc1cc(C=Nn2c(-c3cc4cc(Br)ccc4o3)nc3ccccc3c2=O)ccc1OCc1cccc(F)c1. The molecule has 0 aliphatic rings. The fraction of sp³-hybridized carbons (Fsp3) is 0.0645. The van der Waals surface area contributed by atoms with Gasteiger partial charge in [0.15, 0.2) is 17.3 Å². The molecule has 0 fully saturated rings. The number of hydrogen-bond acceptors (Lipinski definition) is 6. The molecule has 0 saturated heterocycles. The van der Waals surface area contributed by atoms with Crippen LogP contribution in [-0.2, 0) is 6.61 Å². The van der Waals surface area contributed by atoms with Gasteiger partial charge in [-0.25, -0.2) is 9.37 Å². The Morgan fingerprint density at radius 1 is 1.00 bits per heavy atom. The molecule has 0 unspecified atom stereocenters. The lowest BCUT2D eigenvalue weighted by Crippen LogP contribution is -2.20. The van der Waals surface area contributed by atoms with Gasteiger partial charge >= 0.3 is 0 Å². The van der Waals surface area contributed by atoms with Gasteiger partial charge in [-0.1, -0.05) is 40.2 Å². The molecule has 2 aromatic heterocycles. The van der Waals surface area contributed by atoms with Gasteiger partial charge < -0.3 is 13.9 Å². The van der Waals surface area contributed by atoms with Crippen LogP contribution in [-0.4, -0.2) is 23.0 Å². The molecule has 0 radical (unpaired) electrons. The highest BCUT2D eigenvalue weighted by molar-refractivity contribution is 9.10. The molecule has 0 atom stereocenters. The zero-order valence-corrected chi connectivity index (χ0v) is 22.8. The van der Waals surface area contributed by atoms with Crippen LogP contribution in [0.3, 0.4) is 0 Å². The lowest BCUT2D eigenvalue weighted by molar-refractivity contribution is 0.284. The molecule has 0 aliphatic carbocycles. The topological polar surface area (TPSA) is 78.9 Å². The van der Waals surface area contributed by atoms with Gasteiger partial charge in [0.05, 0.1) is 24.2 Å². The molecular formula is C31H21BrFN3O4. The first-order valence-corrected chi connectivity index (χ1v) is 13.1. The Balaban J connectivity index is 1.37. The molecule has 0 aliphatic heterocycles. The van der Waals surface area contributed by atoms with Crippen molar-refractivity contribution in [2.45, 2.75) is 6.61 Å². The van der Waals surface area contributed by atoms with Crippen molar-refractivity contribution in [2.75, 3.05) is 7.11 Å². The zero-order chi connectivity index (χ0) is 27.6. The average molecular weight is 598 g/mol. The Morgan fingerprint density at radius 3 is 2.73 bits per heavy atom. The summed E-state index contributed by atoms with van der Waals surface area (Å²) in [5.41, 5.74) is 2.23. The van der Waals surface area contributed by atoms with E-state index in [2.05, 4.69) is 21.0 Å². The number of ether oxygens (including phenoxy) is 2. The van der Waals surface area contributed by atoms with Crippen LogP contribution in [0.25, 0.3) is 33.5 Å². The van der Waals surface area contributed by atoms with E-state index >= 15 is 0 Å². The summed E-state index contributed by atoms with van der Waals surface area (Å²) < 4.78 is 33.1. The molecule has 0 N–H and O–H groups in total. The molecule has 0 spiro atoms. The summed E-state index contributed by atoms with van der Waals surface area (Å²) >= 11 is 3.48. The monoisotopic (exact) mass is 597 g/mol. The maximum atomic E-state index is 13.5. The van der Waals surface area contributed by atoms with E-state index in [4.69, 9.17) is 18.9 Å². The average Bonchev–Trinajstić information content (AvgIpc) is 3.39. The zero-order valence-electron chi connectivity index (χ0n) is 21.2. The van der Waals surface area contributed by atoms with Crippen LogP contribution < -0.4 is 15.0 Å². The lowest BCUT2D eigenvalue weighted by atomic mass is 10.2. The van der Waals surface area contributed by atoms with Gasteiger partial charge in [-0.3, -0.25) is 4.79 Å². The van der Waals surface area contributed by atoms with E-state index in [0.717, 1.165) is 9.86 Å². The molecular weight excluding hydrogens is 577 g/mol. The van der Waals surface area contributed by atoms with Gasteiger partial charge in [-0.15, -0.1) is 0 Å². The highest BCUT2D eigenvalue weighted by Crippen LogP contribution is 2.30. The predicted octanol–water partition coefficient (Wildman–Crippen LogP) is 7.18. The van der Waals surface area contributed by atoms with Crippen LogP contribution in [0.4, 0.5) is 4.39 Å². The number of benzene rings is 4. The number of fused-ring (bicyclic) bond motifs is 2. The van der Waals surface area contributed by atoms with Crippen molar-refractivity contribution in [1.29, 1.82) is 0 Å². The van der Waals surface area contributed by atoms with E-state index in [0.29, 0.717) is 44.9 Å². The van der Waals surface area contributed by atoms with E-state index in [1.165, 1.54) is 23.9 Å². The van der Waals surface area contributed by atoms with Crippen molar-refractivity contribution >= 4 is 44.0 Å². The Morgan fingerprint density at radius 2 is 1.88 bits per heavy atom. The summed E-state index contributed by atoms with van der Waals surface area (Å²) in [5, 5.41) is 5.80. The Hall–Kier alpha value is -4.76. The van der Waals surface area contributed by atoms with E-state index < -0.39 is 0 Å². The van der Waals surface area contributed by atoms with Crippen LogP contribution >= 0.6 is 15.9 Å². The maximum Gasteiger partial charge on any atom is 0.282 e. The predicted molar refractivity (Wildman–Crippen MR) is 156 cm³/mol. The molecule has 6 aromatic rings. The number of aromatic nitrogens is 2. The van der Waals surface area contributed by atoms with Crippen LogP contribution in [0.2, 0.25) is 0 Å². The molecule has 9 heteroatoms. The summed E-state index contributed by atoms with van der Waals surface area (Å²) in [7, 11) is 1.53. The summed E-state index contributed by atoms with van der Waals surface area (Å²) in [5.74, 6) is 1.31. The van der Waals surface area contributed by atoms with E-state index in [-0.39, 0.29) is 23.8 Å². The van der Waals surface area contributed by atoms with Crippen molar-refractivity contribution in [1.82, 2.24) is 9.66 Å². The van der Waals surface area contributed by atoms with Crippen molar-refractivity contribution < 1.29 is 18.3 Å². The number of halogens is 2. The van der Waals surface area contributed by atoms with Gasteiger partial charge in [0.2, 0.25) is 5.82 Å². The quantitative estimate of drug-likeness (QED) is 0.182. The van der Waals surface area contributed by atoms with Crippen LogP contribution in [0, 0.1) is 5.82 Å². The van der Waals surface area contributed by atoms with Crippen LogP contribution in [0.15, 0.2) is 110 Å². The normalized spacial score (nSPS) is 11.5. The van der Waals surface area contributed by atoms with Crippen molar-refractivity contribution in [3.63, 3.8) is 0 Å². The molecule has 0 saturated carbocycles. The number of rotatable bonds is 7. The van der Waals surface area contributed by atoms with Crippen molar-refractivity contribution in [3.05, 3.63) is 123 Å². The first-order valence-electron chi connectivity index (χ1n) is 12.3. The lowest BCUT2D eigenvalue weighted by Gasteiger charge is -2.11. The summed E-state index contributed by atoms with van der Waals surface area (Å²) in [6, 6.07) is 26.1. The third-order valence-electron chi connectivity index (χ3n) is 6.25. The second kappa shape index (κ2) is 10.8. The van der Waals surface area contributed by atoms with Crippen molar-refractivity contribution in [2.24, 2.45) is 5.10 Å². The molecule has 0 amide bonds. The minimum Gasteiger partial charge on any atom is -0.493 e. The molecule has 40 heavy (non-hydrogen) atoms. The fourth-order valence-electron chi connectivity index (χ4n) is 4.31. The molecule has 7 nitrogen and oxygen atoms in total. The highest BCUT2D eigenvalue weighted by atomic mass is 79.9. The van der Waals surface area contributed by atoms with Gasteiger partial charge in [0.25, 0.3) is 5.56 Å². The largest absolute Gasteiger partial charge is 0.493 e. The third-order valence-corrected chi connectivity index (χ3v) is 6.74. The minimum absolute atomic E-state index is 0.178. The van der Waals surface area contributed by atoms with Crippen LogP contribution in [0.1, 0.15) is 11.1 Å². The van der Waals surface area contributed by atoms with Gasteiger partial charge in [-0.2, -0.15) is 9.78 Å². The van der Waals surface area contributed by atoms with Gasteiger partial charge in [0, 0.05) is 9.86 Å². The van der Waals surface area contributed by atoms with Gasteiger partial charge in [0.1, 0.15) is 18.0 Å². The molecule has 198 valence electrons. The fourth-order valence-corrected chi connectivity index (χ4v) is 4.69. The highest BCUT2D eigenvalue weighted by Gasteiger charge is 2.17. The maximum absolute atomic E-state index is 13.5. The summed E-state index contributed by atoms with van der Waals surface area (Å²) in [4.78, 5) is 18.2. The standard InChI is InChI=1S/C31H21BrFN3O4/c1-38-28-14-19(9-11-27(28)39-18-20-5-4-6-23(33)13-20)17-34-36-30(35-25-8-3-2-7-24(25)31(36)37)29-16-21-15-22(32)10-12-26(21)40-29/h2-17H,18H2,1H3. The second-order valence-electron chi connectivity index (χ2n) is 8.94. The Bertz CT molecular complexity index is 1960. The number of hydrogen-bond donors (Lipinski definition) is 0. The third kappa shape index (κ3) is 5.11. The first-order chi connectivity index (χ1) is 19.5. The molecule has 0 bridgehead atoms. The van der Waals surface area contributed by atoms with Gasteiger partial charge in [-0.05, 0) is 77.9 Å². The molecule has 4 aromatic carbocycles. The number of methoxy groups -OCH3 is 1. The van der Waals surface area contributed by atoms with E-state index in [1.807, 2.05) is 30.3 Å². The molecule has 2 heterocycles. The number of furan rings is 1. The number of nitrogens with zero attached hydrogens (tertiary/aromatic N) is 3. The molecule has 6 rings (SSSR count).